The summed E-state index contributed by atoms with van der Waals surface area (Å²) < 4.78 is 44.3. The van der Waals surface area contributed by atoms with Crippen molar-refractivity contribution in [1.29, 1.82) is 5.26 Å². The van der Waals surface area contributed by atoms with E-state index in [1.54, 1.807) is 12.1 Å². The van der Waals surface area contributed by atoms with Crippen molar-refractivity contribution in [3.8, 4) is 11.9 Å². The second-order valence-electron chi connectivity index (χ2n) is 5.41. The van der Waals surface area contributed by atoms with Crippen LogP contribution in [-0.4, -0.2) is 36.9 Å². The lowest BCUT2D eigenvalue weighted by atomic mass is 10.2. The molecule has 1 aromatic carbocycles. The zero-order valence-electron chi connectivity index (χ0n) is 12.6. The van der Waals surface area contributed by atoms with Crippen LogP contribution in [0, 0.1) is 17.1 Å². The Balaban J connectivity index is 1.59. The molecule has 6 nitrogen and oxygen atoms in total. The van der Waals surface area contributed by atoms with E-state index < -0.39 is 15.8 Å². The molecule has 0 bridgehead atoms. The van der Waals surface area contributed by atoms with Crippen molar-refractivity contribution >= 4 is 10.0 Å². The van der Waals surface area contributed by atoms with Crippen LogP contribution in [0.2, 0.25) is 0 Å². The van der Waals surface area contributed by atoms with E-state index >= 15 is 0 Å². The van der Waals surface area contributed by atoms with Crippen LogP contribution >= 0.6 is 0 Å². The van der Waals surface area contributed by atoms with Gasteiger partial charge >= 0.3 is 0 Å². The van der Waals surface area contributed by atoms with E-state index in [1.165, 1.54) is 34.8 Å². The molecule has 2 heterocycles. The number of nitrogens with zero attached hydrogens (tertiary/aromatic N) is 3. The summed E-state index contributed by atoms with van der Waals surface area (Å²) in [6.45, 7) is 0.399. The van der Waals surface area contributed by atoms with Gasteiger partial charge < -0.3 is 4.74 Å². The number of nitriles is 1. The minimum absolute atomic E-state index is 0.187. The number of aromatic nitrogens is 1. The van der Waals surface area contributed by atoms with Crippen LogP contribution in [0.15, 0.2) is 42.6 Å². The number of sulfonamides is 1. The van der Waals surface area contributed by atoms with E-state index in [1.807, 2.05) is 6.07 Å². The summed E-state index contributed by atoms with van der Waals surface area (Å²) >= 11 is 0. The number of ether oxygens (including phenoxy) is 1. The van der Waals surface area contributed by atoms with Crippen molar-refractivity contribution in [1.82, 2.24) is 9.29 Å². The summed E-state index contributed by atoms with van der Waals surface area (Å²) in [5.74, 6) is -0.384. The first-order chi connectivity index (χ1) is 11.5. The second kappa shape index (κ2) is 6.55. The van der Waals surface area contributed by atoms with Gasteiger partial charge in [0.25, 0.3) is 0 Å². The van der Waals surface area contributed by atoms with E-state index in [9.17, 15) is 12.8 Å². The highest BCUT2D eigenvalue weighted by Gasteiger charge is 2.37. The molecule has 1 saturated heterocycles. The van der Waals surface area contributed by atoms with Gasteiger partial charge in [-0.1, -0.05) is 12.1 Å². The largest absolute Gasteiger partial charge is 0.471 e. The van der Waals surface area contributed by atoms with E-state index in [0.29, 0.717) is 11.1 Å². The molecule has 0 N–H and O–H groups in total. The molecule has 0 spiro atoms. The number of rotatable bonds is 5. The lowest BCUT2D eigenvalue weighted by Gasteiger charge is -2.37. The maximum atomic E-state index is 12.9. The van der Waals surface area contributed by atoms with Crippen molar-refractivity contribution in [3.05, 3.63) is 59.5 Å². The van der Waals surface area contributed by atoms with Crippen LogP contribution < -0.4 is 4.74 Å². The van der Waals surface area contributed by atoms with Crippen molar-refractivity contribution in [2.45, 2.75) is 11.9 Å². The molecule has 1 aromatic heterocycles. The third-order valence-corrected chi connectivity index (χ3v) is 5.42. The molecule has 0 radical (unpaired) electrons. The summed E-state index contributed by atoms with van der Waals surface area (Å²) in [4.78, 5) is 3.99. The van der Waals surface area contributed by atoms with Crippen LogP contribution in [0.25, 0.3) is 0 Å². The molecule has 1 aliphatic rings. The Morgan fingerprint density at radius 3 is 2.67 bits per heavy atom. The Bertz CT molecular complexity index is 872. The second-order valence-corrected chi connectivity index (χ2v) is 7.38. The summed E-state index contributed by atoms with van der Waals surface area (Å²) in [5, 5.41) is 8.98. The lowest BCUT2D eigenvalue weighted by molar-refractivity contribution is 0.0717. The molecule has 0 aliphatic carbocycles. The van der Waals surface area contributed by atoms with Crippen molar-refractivity contribution in [3.63, 3.8) is 0 Å². The molecule has 1 aliphatic heterocycles. The molecular weight excluding hydrogens is 333 g/mol. The highest BCUT2D eigenvalue weighted by Crippen LogP contribution is 2.23. The summed E-state index contributed by atoms with van der Waals surface area (Å²) in [5.41, 5.74) is 0.836. The molecule has 0 saturated carbocycles. The third-order valence-electron chi connectivity index (χ3n) is 3.64. The van der Waals surface area contributed by atoms with Crippen LogP contribution in [0.5, 0.6) is 5.88 Å². The lowest BCUT2D eigenvalue weighted by Crippen LogP contribution is -2.56. The van der Waals surface area contributed by atoms with Gasteiger partial charge in [-0.05, 0) is 29.8 Å². The van der Waals surface area contributed by atoms with E-state index in [4.69, 9.17) is 10.00 Å². The number of pyridine rings is 1. The predicted molar refractivity (Wildman–Crippen MR) is 84.0 cm³/mol. The third kappa shape index (κ3) is 3.53. The molecule has 1 fully saturated rings. The van der Waals surface area contributed by atoms with E-state index in [-0.39, 0.29) is 30.8 Å². The quantitative estimate of drug-likeness (QED) is 0.822. The number of benzene rings is 1. The van der Waals surface area contributed by atoms with Crippen LogP contribution in [0.4, 0.5) is 4.39 Å². The van der Waals surface area contributed by atoms with Gasteiger partial charge in [-0.2, -0.15) is 9.57 Å². The summed E-state index contributed by atoms with van der Waals surface area (Å²) in [6.07, 6.45) is 1.17. The molecule has 0 amide bonds. The maximum Gasteiger partial charge on any atom is 0.232 e. The van der Waals surface area contributed by atoms with Gasteiger partial charge in [0.05, 0.1) is 18.8 Å². The number of hydrogen-bond acceptors (Lipinski definition) is 5. The van der Waals surface area contributed by atoms with Crippen molar-refractivity contribution in [2.24, 2.45) is 0 Å². The number of hydrogen-bond donors (Lipinski definition) is 0. The van der Waals surface area contributed by atoms with Gasteiger partial charge in [-0.25, -0.2) is 17.8 Å². The Morgan fingerprint density at radius 1 is 1.29 bits per heavy atom. The summed E-state index contributed by atoms with van der Waals surface area (Å²) in [7, 11) is -3.48. The molecule has 24 heavy (non-hydrogen) atoms. The fourth-order valence-electron chi connectivity index (χ4n) is 2.31. The Morgan fingerprint density at radius 2 is 2.00 bits per heavy atom. The van der Waals surface area contributed by atoms with Gasteiger partial charge in [0.2, 0.25) is 15.9 Å². The average Bonchev–Trinajstić information content (AvgIpc) is 2.52. The minimum atomic E-state index is -3.48. The first kappa shape index (κ1) is 16.4. The standard InChI is InChI=1S/C16H14FN3O3S/c17-14-5-3-12(4-6-14)11-24(21,22)20-9-15(10-20)23-16-13(8-18)2-1-7-19-16/h1-7,15H,9-11H2. The van der Waals surface area contributed by atoms with E-state index in [0.717, 1.165) is 0 Å². The fourth-order valence-corrected chi connectivity index (χ4v) is 3.90. The van der Waals surface area contributed by atoms with Crippen molar-refractivity contribution in [2.75, 3.05) is 13.1 Å². The van der Waals surface area contributed by atoms with Crippen LogP contribution in [-0.2, 0) is 15.8 Å². The average molecular weight is 347 g/mol. The van der Waals surface area contributed by atoms with Crippen molar-refractivity contribution < 1.29 is 17.5 Å². The zero-order valence-corrected chi connectivity index (χ0v) is 13.4. The smallest absolute Gasteiger partial charge is 0.232 e. The highest BCUT2D eigenvalue weighted by atomic mass is 32.2. The van der Waals surface area contributed by atoms with Crippen LogP contribution in [0.3, 0.4) is 0 Å². The minimum Gasteiger partial charge on any atom is -0.471 e. The first-order valence-corrected chi connectivity index (χ1v) is 8.83. The van der Waals surface area contributed by atoms with Gasteiger partial charge in [0.15, 0.2) is 0 Å². The van der Waals surface area contributed by atoms with E-state index in [2.05, 4.69) is 4.98 Å². The van der Waals surface area contributed by atoms with Gasteiger partial charge in [0, 0.05) is 6.20 Å². The normalized spacial score (nSPS) is 15.5. The zero-order chi connectivity index (χ0) is 17.2. The summed E-state index contributed by atoms with van der Waals surface area (Å²) in [6, 6.07) is 10.6. The van der Waals surface area contributed by atoms with Gasteiger partial charge in [0.1, 0.15) is 23.6 Å². The maximum absolute atomic E-state index is 12.9. The van der Waals surface area contributed by atoms with Gasteiger partial charge in [-0.15, -0.1) is 0 Å². The molecule has 3 rings (SSSR count). The predicted octanol–water partition coefficient (Wildman–Crippen LogP) is 1.69. The number of halogens is 1. The molecular formula is C16H14FN3O3S. The fraction of sp³-hybridized carbons (Fsp3) is 0.250. The SMILES string of the molecule is N#Cc1cccnc1OC1CN(S(=O)(=O)Cc2ccc(F)cc2)C1. The Hall–Kier alpha value is -2.50. The highest BCUT2D eigenvalue weighted by molar-refractivity contribution is 7.88. The van der Waals surface area contributed by atoms with Crippen LogP contribution in [0.1, 0.15) is 11.1 Å². The van der Waals surface area contributed by atoms with Gasteiger partial charge in [-0.3, -0.25) is 0 Å². The Labute approximate surface area is 139 Å². The molecule has 0 atom stereocenters. The molecule has 2 aromatic rings. The molecule has 124 valence electrons. The first-order valence-electron chi connectivity index (χ1n) is 7.22. The molecule has 8 heteroatoms. The Kier molecular flexibility index (Phi) is 4.46. The molecule has 0 unspecified atom stereocenters. The monoisotopic (exact) mass is 347 g/mol. The topological polar surface area (TPSA) is 83.3 Å².